The van der Waals surface area contributed by atoms with E-state index >= 15 is 0 Å². The number of rotatable bonds is 4. The molecule has 2 aromatic rings. The van der Waals surface area contributed by atoms with Gasteiger partial charge in [0.25, 0.3) is 5.91 Å². The Hall–Kier alpha value is -2.21. The van der Waals surface area contributed by atoms with E-state index in [0.717, 1.165) is 28.6 Å². The molecule has 0 spiro atoms. The number of aryl methyl sites for hydroxylation is 1. The van der Waals surface area contributed by atoms with E-state index in [1.54, 1.807) is 17.9 Å². The minimum atomic E-state index is -0.504. The zero-order valence-corrected chi connectivity index (χ0v) is 17.2. The fourth-order valence-corrected chi connectivity index (χ4v) is 3.81. The molecular formula is C21H23BrN2O3. The van der Waals surface area contributed by atoms with Crippen molar-refractivity contribution in [1.82, 2.24) is 9.88 Å². The molecule has 0 radical (unpaired) electrons. The van der Waals surface area contributed by atoms with Crippen LogP contribution < -0.4 is 0 Å². The number of halogens is 1. The van der Waals surface area contributed by atoms with Crippen molar-refractivity contribution in [2.75, 3.05) is 13.2 Å². The number of carbonyl (C=O) groups is 2. The lowest BCUT2D eigenvalue weighted by Crippen LogP contribution is -2.48. The van der Waals surface area contributed by atoms with Gasteiger partial charge in [0.05, 0.1) is 23.6 Å². The number of ether oxygens (including phenoxy) is 1. The fourth-order valence-electron chi connectivity index (χ4n) is 3.41. The maximum Gasteiger partial charge on any atom is 0.328 e. The summed E-state index contributed by atoms with van der Waals surface area (Å²) in [6.07, 6.45) is 2.46. The van der Waals surface area contributed by atoms with E-state index in [-0.39, 0.29) is 11.9 Å². The van der Waals surface area contributed by atoms with Gasteiger partial charge in [0.1, 0.15) is 6.04 Å². The first kappa shape index (κ1) is 19.5. The Bertz CT molecular complexity index is 853. The van der Waals surface area contributed by atoms with Crippen LogP contribution >= 0.6 is 15.9 Å². The summed E-state index contributed by atoms with van der Waals surface area (Å²) >= 11 is 3.47. The average molecular weight is 431 g/mol. The number of carbonyl (C=O) groups excluding carboxylic acids is 2. The molecule has 1 aliphatic heterocycles. The topological polar surface area (TPSA) is 59.5 Å². The number of piperidine rings is 1. The van der Waals surface area contributed by atoms with E-state index in [1.807, 2.05) is 37.3 Å². The van der Waals surface area contributed by atoms with Gasteiger partial charge in [-0.3, -0.25) is 9.78 Å². The fraction of sp³-hybridized carbons (Fsp3) is 0.381. The molecule has 1 fully saturated rings. The molecule has 6 heteroatoms. The molecule has 1 atom stereocenters. The second-order valence-corrected chi connectivity index (χ2v) is 7.52. The Morgan fingerprint density at radius 2 is 2.07 bits per heavy atom. The number of aromatic nitrogens is 1. The van der Waals surface area contributed by atoms with Crippen LogP contribution in [0.5, 0.6) is 0 Å². The molecule has 2 heterocycles. The van der Waals surface area contributed by atoms with Crippen LogP contribution in [0.4, 0.5) is 0 Å². The van der Waals surface area contributed by atoms with Gasteiger partial charge in [-0.25, -0.2) is 4.79 Å². The Balaban J connectivity index is 1.86. The van der Waals surface area contributed by atoms with Gasteiger partial charge in [-0.2, -0.15) is 0 Å². The quantitative estimate of drug-likeness (QED) is 0.675. The number of nitrogens with zero attached hydrogens (tertiary/aromatic N) is 2. The van der Waals surface area contributed by atoms with Crippen LogP contribution in [0.3, 0.4) is 0 Å². The summed E-state index contributed by atoms with van der Waals surface area (Å²) in [5.74, 6) is -0.472. The molecule has 1 unspecified atom stereocenters. The van der Waals surface area contributed by atoms with E-state index in [9.17, 15) is 9.59 Å². The SMILES string of the molecule is CCOC(=O)C1CCCCN1C(=O)c1ccc(-c2cccc(Br)c2)nc1C. The number of pyridine rings is 1. The summed E-state index contributed by atoms with van der Waals surface area (Å²) in [6, 6.07) is 11.0. The zero-order chi connectivity index (χ0) is 19.4. The standard InChI is InChI=1S/C21H23BrN2O3/c1-3-27-21(26)19-9-4-5-12-24(19)20(25)17-10-11-18(23-14(17)2)15-7-6-8-16(22)13-15/h6-8,10-11,13,19H,3-5,9,12H2,1-2H3. The second-order valence-electron chi connectivity index (χ2n) is 6.60. The summed E-state index contributed by atoms with van der Waals surface area (Å²) in [6.45, 7) is 4.49. The van der Waals surface area contributed by atoms with Crippen LogP contribution in [-0.2, 0) is 9.53 Å². The third-order valence-corrected chi connectivity index (χ3v) is 5.25. The molecular weight excluding hydrogens is 408 g/mol. The zero-order valence-electron chi connectivity index (χ0n) is 15.6. The Labute approximate surface area is 167 Å². The second kappa shape index (κ2) is 8.65. The van der Waals surface area contributed by atoms with E-state index in [4.69, 9.17) is 4.74 Å². The lowest BCUT2D eigenvalue weighted by Gasteiger charge is -2.34. The molecule has 1 aliphatic rings. The molecule has 1 saturated heterocycles. The van der Waals surface area contributed by atoms with Crippen LogP contribution in [0.15, 0.2) is 40.9 Å². The predicted molar refractivity (Wildman–Crippen MR) is 107 cm³/mol. The monoisotopic (exact) mass is 430 g/mol. The third-order valence-electron chi connectivity index (χ3n) is 4.76. The van der Waals surface area contributed by atoms with E-state index in [0.29, 0.717) is 30.8 Å². The molecule has 27 heavy (non-hydrogen) atoms. The van der Waals surface area contributed by atoms with Crippen LogP contribution in [0.1, 0.15) is 42.2 Å². The number of hydrogen-bond acceptors (Lipinski definition) is 4. The van der Waals surface area contributed by atoms with Gasteiger partial charge in [-0.05, 0) is 57.4 Å². The van der Waals surface area contributed by atoms with Gasteiger partial charge in [0, 0.05) is 16.6 Å². The maximum absolute atomic E-state index is 13.1. The molecule has 5 nitrogen and oxygen atoms in total. The van der Waals surface area contributed by atoms with Crippen molar-refractivity contribution in [3.8, 4) is 11.3 Å². The summed E-state index contributed by atoms with van der Waals surface area (Å²) in [5, 5.41) is 0. The van der Waals surface area contributed by atoms with Crippen LogP contribution in [0.2, 0.25) is 0 Å². The molecule has 0 bridgehead atoms. The van der Waals surface area contributed by atoms with E-state index < -0.39 is 6.04 Å². The Morgan fingerprint density at radius 1 is 1.26 bits per heavy atom. The molecule has 0 N–H and O–H groups in total. The number of likely N-dealkylation sites (tertiary alicyclic amines) is 1. The van der Waals surface area contributed by atoms with Crippen LogP contribution in [0.25, 0.3) is 11.3 Å². The highest BCUT2D eigenvalue weighted by Gasteiger charge is 2.34. The van der Waals surface area contributed by atoms with Crippen molar-refractivity contribution in [3.05, 3.63) is 52.1 Å². The predicted octanol–water partition coefficient (Wildman–Crippen LogP) is 4.38. The van der Waals surface area contributed by atoms with Crippen molar-refractivity contribution < 1.29 is 14.3 Å². The average Bonchev–Trinajstić information content (AvgIpc) is 2.67. The highest BCUT2D eigenvalue weighted by Crippen LogP contribution is 2.25. The smallest absolute Gasteiger partial charge is 0.328 e. The van der Waals surface area contributed by atoms with Gasteiger partial charge in [0.2, 0.25) is 0 Å². The van der Waals surface area contributed by atoms with Crippen molar-refractivity contribution in [2.24, 2.45) is 0 Å². The number of esters is 1. The highest BCUT2D eigenvalue weighted by molar-refractivity contribution is 9.10. The van der Waals surface area contributed by atoms with E-state index in [1.165, 1.54) is 0 Å². The van der Waals surface area contributed by atoms with Crippen molar-refractivity contribution in [2.45, 2.75) is 39.2 Å². The lowest BCUT2D eigenvalue weighted by molar-refractivity contribution is -0.149. The molecule has 1 aromatic heterocycles. The summed E-state index contributed by atoms with van der Waals surface area (Å²) in [7, 11) is 0. The first-order valence-electron chi connectivity index (χ1n) is 9.22. The number of amides is 1. The maximum atomic E-state index is 13.1. The Morgan fingerprint density at radius 3 is 2.78 bits per heavy atom. The first-order valence-corrected chi connectivity index (χ1v) is 10.0. The molecule has 0 aliphatic carbocycles. The highest BCUT2D eigenvalue weighted by atomic mass is 79.9. The number of benzene rings is 1. The van der Waals surface area contributed by atoms with Crippen molar-refractivity contribution in [3.63, 3.8) is 0 Å². The summed E-state index contributed by atoms with van der Waals surface area (Å²) < 4.78 is 6.14. The van der Waals surface area contributed by atoms with Crippen molar-refractivity contribution >= 4 is 27.8 Å². The molecule has 3 rings (SSSR count). The first-order chi connectivity index (χ1) is 13.0. The molecule has 142 valence electrons. The van der Waals surface area contributed by atoms with E-state index in [2.05, 4.69) is 20.9 Å². The molecule has 0 saturated carbocycles. The number of hydrogen-bond donors (Lipinski definition) is 0. The minimum absolute atomic E-state index is 0.154. The lowest BCUT2D eigenvalue weighted by atomic mass is 10.00. The van der Waals surface area contributed by atoms with Gasteiger partial charge in [-0.1, -0.05) is 28.1 Å². The summed E-state index contributed by atoms with van der Waals surface area (Å²) in [5.41, 5.74) is 2.98. The summed E-state index contributed by atoms with van der Waals surface area (Å²) in [4.78, 5) is 31.6. The normalized spacial score (nSPS) is 16.9. The molecule has 1 amide bonds. The Kier molecular flexibility index (Phi) is 6.26. The van der Waals surface area contributed by atoms with Crippen LogP contribution in [-0.4, -0.2) is 41.0 Å². The minimum Gasteiger partial charge on any atom is -0.464 e. The van der Waals surface area contributed by atoms with Gasteiger partial charge < -0.3 is 9.64 Å². The van der Waals surface area contributed by atoms with Gasteiger partial charge in [-0.15, -0.1) is 0 Å². The van der Waals surface area contributed by atoms with Crippen LogP contribution in [0, 0.1) is 6.92 Å². The third kappa shape index (κ3) is 4.38. The van der Waals surface area contributed by atoms with Gasteiger partial charge in [0.15, 0.2) is 0 Å². The van der Waals surface area contributed by atoms with Gasteiger partial charge >= 0.3 is 5.97 Å². The largest absolute Gasteiger partial charge is 0.464 e. The van der Waals surface area contributed by atoms with Crippen molar-refractivity contribution in [1.29, 1.82) is 0 Å². The molecule has 1 aromatic carbocycles.